The molecule has 0 aliphatic rings. The van der Waals surface area contributed by atoms with Gasteiger partial charge in [-0.25, -0.2) is 14.8 Å². The molecule has 2 aromatic rings. The summed E-state index contributed by atoms with van der Waals surface area (Å²) in [6.45, 7) is 0. The van der Waals surface area contributed by atoms with E-state index in [4.69, 9.17) is 9.84 Å². The average Bonchev–Trinajstić information content (AvgIpc) is 2.32. The molecule has 0 radical (unpaired) electrons. The molecule has 0 saturated heterocycles. The van der Waals surface area contributed by atoms with Gasteiger partial charge in [0.2, 0.25) is 0 Å². The monoisotopic (exact) mass is 343 g/mol. The van der Waals surface area contributed by atoms with Crippen molar-refractivity contribution in [2.75, 3.05) is 0 Å². The quantitative estimate of drug-likeness (QED) is 0.858. The van der Waals surface area contributed by atoms with E-state index in [-0.39, 0.29) is 17.3 Å². The third kappa shape index (κ3) is 3.09. The molecule has 2 heterocycles. The van der Waals surface area contributed by atoms with E-state index in [2.05, 4.69) is 37.5 Å². The van der Waals surface area contributed by atoms with Crippen LogP contribution in [0.1, 0.15) is 10.4 Å². The minimum atomic E-state index is -1.06. The molecule has 6 nitrogen and oxygen atoms in total. The molecule has 0 spiro atoms. The molecule has 17 heavy (non-hydrogen) atoms. The Kier molecular flexibility index (Phi) is 3.47. The first kappa shape index (κ1) is 11.7. The lowest BCUT2D eigenvalue weighted by Crippen LogP contribution is -1.98. The second-order valence-corrected chi connectivity index (χ2v) is 4.25. The summed E-state index contributed by atoms with van der Waals surface area (Å²) in [6.07, 6.45) is 5.83. The third-order valence-corrected chi connectivity index (χ3v) is 2.32. The van der Waals surface area contributed by atoms with Gasteiger partial charge in [0.1, 0.15) is 5.75 Å². The van der Waals surface area contributed by atoms with Crippen LogP contribution in [0.15, 0.2) is 30.9 Å². The van der Waals surface area contributed by atoms with Crippen molar-refractivity contribution in [1.29, 1.82) is 0 Å². The highest BCUT2D eigenvalue weighted by atomic mass is 127. The molecule has 0 aliphatic carbocycles. The number of pyridine rings is 1. The summed E-state index contributed by atoms with van der Waals surface area (Å²) < 4.78 is 6.15. The number of aromatic carboxylic acids is 1. The van der Waals surface area contributed by atoms with Crippen molar-refractivity contribution in [2.45, 2.75) is 0 Å². The SMILES string of the molecule is O=C(O)c1cncc(Oc2ncc(I)cn2)c1. The van der Waals surface area contributed by atoms with Crippen LogP contribution in [0, 0.1) is 3.57 Å². The third-order valence-electron chi connectivity index (χ3n) is 1.77. The van der Waals surface area contributed by atoms with E-state index in [0.717, 1.165) is 3.57 Å². The summed E-state index contributed by atoms with van der Waals surface area (Å²) in [5, 5.41) is 8.78. The molecule has 7 heteroatoms. The summed E-state index contributed by atoms with van der Waals surface area (Å²) in [5.74, 6) is -0.780. The van der Waals surface area contributed by atoms with E-state index < -0.39 is 5.97 Å². The second kappa shape index (κ2) is 5.04. The van der Waals surface area contributed by atoms with Crippen LogP contribution in [0.25, 0.3) is 0 Å². The number of aromatic nitrogens is 3. The normalized spacial score (nSPS) is 9.94. The van der Waals surface area contributed by atoms with Crippen LogP contribution in [-0.4, -0.2) is 26.0 Å². The van der Waals surface area contributed by atoms with E-state index in [1.54, 1.807) is 12.4 Å². The molecule has 0 fully saturated rings. The number of rotatable bonds is 3. The van der Waals surface area contributed by atoms with Crippen molar-refractivity contribution in [3.8, 4) is 11.8 Å². The molecular weight excluding hydrogens is 337 g/mol. The molecule has 0 saturated carbocycles. The van der Waals surface area contributed by atoms with E-state index in [1.807, 2.05) is 0 Å². The van der Waals surface area contributed by atoms with E-state index in [1.165, 1.54) is 18.5 Å². The minimum Gasteiger partial charge on any atom is -0.478 e. The summed E-state index contributed by atoms with van der Waals surface area (Å²) in [7, 11) is 0. The van der Waals surface area contributed by atoms with Crippen molar-refractivity contribution in [2.24, 2.45) is 0 Å². The van der Waals surface area contributed by atoms with Crippen molar-refractivity contribution >= 4 is 28.6 Å². The van der Waals surface area contributed by atoms with E-state index in [0.29, 0.717) is 0 Å². The number of hydrogen-bond donors (Lipinski definition) is 1. The number of carboxylic acid groups (broad SMARTS) is 1. The van der Waals surface area contributed by atoms with Gasteiger partial charge in [-0.2, -0.15) is 0 Å². The maximum atomic E-state index is 10.7. The van der Waals surface area contributed by atoms with Crippen LogP contribution in [0.2, 0.25) is 0 Å². The number of nitrogens with zero attached hydrogens (tertiary/aromatic N) is 3. The van der Waals surface area contributed by atoms with Gasteiger partial charge in [-0.3, -0.25) is 4.98 Å². The molecule has 0 aliphatic heterocycles. The van der Waals surface area contributed by atoms with Crippen LogP contribution in [-0.2, 0) is 0 Å². The summed E-state index contributed by atoms with van der Waals surface area (Å²) in [5.41, 5.74) is 0.0491. The van der Waals surface area contributed by atoms with Gasteiger partial charge in [-0.15, -0.1) is 0 Å². The van der Waals surface area contributed by atoms with Crippen molar-refractivity contribution in [1.82, 2.24) is 15.0 Å². The maximum absolute atomic E-state index is 10.7. The zero-order valence-electron chi connectivity index (χ0n) is 8.37. The number of carboxylic acids is 1. The van der Waals surface area contributed by atoms with Gasteiger partial charge in [0.15, 0.2) is 0 Å². The average molecular weight is 343 g/mol. The maximum Gasteiger partial charge on any atom is 0.337 e. The lowest BCUT2D eigenvalue weighted by Gasteiger charge is -2.03. The molecule has 2 rings (SSSR count). The van der Waals surface area contributed by atoms with Gasteiger partial charge in [0.05, 0.1) is 11.8 Å². The Morgan fingerprint density at radius 1 is 1.24 bits per heavy atom. The number of ether oxygens (including phenoxy) is 1. The summed E-state index contributed by atoms with van der Waals surface area (Å²) in [4.78, 5) is 22.3. The van der Waals surface area contributed by atoms with Gasteiger partial charge in [0, 0.05) is 22.2 Å². The Morgan fingerprint density at radius 2 is 1.94 bits per heavy atom. The zero-order chi connectivity index (χ0) is 12.3. The highest BCUT2D eigenvalue weighted by molar-refractivity contribution is 14.1. The Labute approximate surface area is 110 Å². The zero-order valence-corrected chi connectivity index (χ0v) is 10.5. The fourth-order valence-corrected chi connectivity index (χ4v) is 1.33. The van der Waals surface area contributed by atoms with Gasteiger partial charge in [-0.1, -0.05) is 0 Å². The predicted molar refractivity (Wildman–Crippen MR) is 66.0 cm³/mol. The number of carbonyl (C=O) groups is 1. The molecule has 0 atom stereocenters. The molecule has 0 bridgehead atoms. The van der Waals surface area contributed by atoms with Crippen LogP contribution in [0.5, 0.6) is 11.8 Å². The Hall–Kier alpha value is -1.77. The Morgan fingerprint density at radius 3 is 2.59 bits per heavy atom. The van der Waals surface area contributed by atoms with Crippen molar-refractivity contribution in [3.63, 3.8) is 0 Å². The topological polar surface area (TPSA) is 85.2 Å². The summed E-state index contributed by atoms with van der Waals surface area (Å²) >= 11 is 2.07. The Bertz CT molecular complexity index is 545. The van der Waals surface area contributed by atoms with Crippen LogP contribution in [0.3, 0.4) is 0 Å². The van der Waals surface area contributed by atoms with E-state index >= 15 is 0 Å². The van der Waals surface area contributed by atoms with Gasteiger partial charge in [-0.05, 0) is 28.7 Å². The first-order valence-electron chi connectivity index (χ1n) is 4.49. The Balaban J connectivity index is 2.21. The summed E-state index contributed by atoms with van der Waals surface area (Å²) in [6, 6.07) is 1.51. The predicted octanol–water partition coefficient (Wildman–Crippen LogP) is 1.97. The fourth-order valence-electron chi connectivity index (χ4n) is 1.05. The molecule has 0 amide bonds. The van der Waals surface area contributed by atoms with E-state index in [9.17, 15) is 4.79 Å². The molecular formula is C10H6IN3O3. The highest BCUT2D eigenvalue weighted by Gasteiger charge is 2.06. The lowest BCUT2D eigenvalue weighted by atomic mass is 10.3. The highest BCUT2D eigenvalue weighted by Crippen LogP contribution is 2.17. The standard InChI is InChI=1S/C10H6IN3O3/c11-7-3-13-10(14-4-7)17-8-1-6(9(15)16)2-12-5-8/h1-5H,(H,15,16). The van der Waals surface area contributed by atoms with Gasteiger partial charge in [0.25, 0.3) is 0 Å². The molecule has 0 aromatic carbocycles. The van der Waals surface area contributed by atoms with Crippen LogP contribution >= 0.6 is 22.6 Å². The molecule has 2 aromatic heterocycles. The van der Waals surface area contributed by atoms with Crippen molar-refractivity contribution < 1.29 is 14.6 Å². The lowest BCUT2D eigenvalue weighted by molar-refractivity contribution is 0.0696. The first-order chi connectivity index (χ1) is 8.15. The fraction of sp³-hybridized carbons (Fsp3) is 0. The minimum absolute atomic E-state index is 0.0491. The van der Waals surface area contributed by atoms with Gasteiger partial charge < -0.3 is 9.84 Å². The molecule has 0 unspecified atom stereocenters. The largest absolute Gasteiger partial charge is 0.478 e. The second-order valence-electron chi connectivity index (χ2n) is 3.00. The van der Waals surface area contributed by atoms with Crippen LogP contribution in [0.4, 0.5) is 0 Å². The van der Waals surface area contributed by atoms with Gasteiger partial charge >= 0.3 is 12.0 Å². The first-order valence-corrected chi connectivity index (χ1v) is 5.57. The van der Waals surface area contributed by atoms with Crippen LogP contribution < -0.4 is 4.74 Å². The number of hydrogen-bond acceptors (Lipinski definition) is 5. The number of halogens is 1. The van der Waals surface area contributed by atoms with Crippen molar-refractivity contribution in [3.05, 3.63) is 40.0 Å². The smallest absolute Gasteiger partial charge is 0.337 e. The molecule has 86 valence electrons. The molecule has 1 N–H and O–H groups in total.